The van der Waals surface area contributed by atoms with Crippen LogP contribution in [0.5, 0.6) is 0 Å². The monoisotopic (exact) mass is 536 g/mol. The van der Waals surface area contributed by atoms with Crippen molar-refractivity contribution in [2.45, 2.75) is 45.0 Å². The average Bonchev–Trinajstić information content (AvgIpc) is 3.41. The third-order valence-corrected chi connectivity index (χ3v) is 5.50. The van der Waals surface area contributed by atoms with Gasteiger partial charge in [0.15, 0.2) is 5.65 Å². The van der Waals surface area contributed by atoms with E-state index < -0.39 is 36.7 Å². The molecule has 0 bridgehead atoms. The van der Waals surface area contributed by atoms with Crippen molar-refractivity contribution in [3.05, 3.63) is 53.8 Å². The first-order valence-electron chi connectivity index (χ1n) is 11.1. The lowest BCUT2D eigenvalue weighted by Gasteiger charge is -2.22. The summed E-state index contributed by atoms with van der Waals surface area (Å²) < 4.78 is 43.5. The van der Waals surface area contributed by atoms with Gasteiger partial charge in [0.1, 0.15) is 12.7 Å². The van der Waals surface area contributed by atoms with E-state index in [2.05, 4.69) is 30.8 Å². The first-order valence-corrected chi connectivity index (χ1v) is 11.5. The third-order valence-electron chi connectivity index (χ3n) is 5.31. The number of anilines is 2. The topological polar surface area (TPSA) is 122 Å². The van der Waals surface area contributed by atoms with Crippen LogP contribution in [0.4, 0.5) is 24.5 Å². The van der Waals surface area contributed by atoms with Crippen LogP contribution in [-0.2, 0) is 6.54 Å². The van der Waals surface area contributed by atoms with Gasteiger partial charge in [0.2, 0.25) is 0 Å². The Kier molecular flexibility index (Phi) is 7.11. The maximum atomic E-state index is 14.2. The molecular formula is C23H24ClF3N8O2. The number of aliphatic hydroxyl groups is 1. The van der Waals surface area contributed by atoms with Crippen LogP contribution in [0.15, 0.2) is 43.2 Å². The molecule has 0 aliphatic carbocycles. The summed E-state index contributed by atoms with van der Waals surface area (Å²) in [6.07, 6.45) is 6.82. The number of pyridine rings is 1. The number of halogens is 4. The van der Waals surface area contributed by atoms with Gasteiger partial charge in [0, 0.05) is 25.5 Å². The van der Waals surface area contributed by atoms with Crippen molar-refractivity contribution >= 4 is 34.5 Å². The van der Waals surface area contributed by atoms with Crippen molar-refractivity contribution in [1.29, 1.82) is 0 Å². The Hall–Kier alpha value is -3.71. The van der Waals surface area contributed by atoms with E-state index >= 15 is 0 Å². The number of aromatic nitrogens is 6. The van der Waals surface area contributed by atoms with Gasteiger partial charge in [0.05, 0.1) is 64.0 Å². The van der Waals surface area contributed by atoms with Crippen LogP contribution in [-0.4, -0.2) is 64.6 Å². The van der Waals surface area contributed by atoms with Gasteiger partial charge in [-0.2, -0.15) is 10.2 Å². The molecule has 1 unspecified atom stereocenters. The number of rotatable bonds is 9. The second kappa shape index (κ2) is 9.98. The molecule has 0 radical (unpaired) electrons. The predicted molar refractivity (Wildman–Crippen MR) is 131 cm³/mol. The van der Waals surface area contributed by atoms with E-state index in [1.807, 2.05) is 0 Å². The summed E-state index contributed by atoms with van der Waals surface area (Å²) >= 11 is 5.98. The summed E-state index contributed by atoms with van der Waals surface area (Å²) in [6, 6.07) is 1.55. The van der Waals surface area contributed by atoms with Crippen LogP contribution in [0.3, 0.4) is 0 Å². The number of nitrogens with zero attached hydrogens (tertiary/aromatic N) is 6. The van der Waals surface area contributed by atoms with Crippen LogP contribution in [0.1, 0.15) is 31.1 Å². The van der Waals surface area contributed by atoms with E-state index in [9.17, 15) is 23.1 Å². The molecule has 196 valence electrons. The molecule has 1 amide bonds. The third kappa shape index (κ3) is 6.35. The largest absolute Gasteiger partial charge is 0.387 e. The fourth-order valence-electron chi connectivity index (χ4n) is 3.40. The average molecular weight is 537 g/mol. The van der Waals surface area contributed by atoms with E-state index in [1.54, 1.807) is 12.3 Å². The zero-order valence-corrected chi connectivity index (χ0v) is 20.8. The summed E-state index contributed by atoms with van der Waals surface area (Å²) in [5.41, 5.74) is 0.384. The fraction of sp³-hybridized carbons (Fsp3) is 0.348. The Morgan fingerprint density at radius 2 is 1.89 bits per heavy atom. The molecule has 3 N–H and O–H groups in total. The molecule has 1 atom stereocenters. The minimum Gasteiger partial charge on any atom is -0.387 e. The zero-order valence-electron chi connectivity index (χ0n) is 20.1. The van der Waals surface area contributed by atoms with Crippen molar-refractivity contribution in [1.82, 2.24) is 34.7 Å². The van der Waals surface area contributed by atoms with E-state index in [0.29, 0.717) is 27.6 Å². The Morgan fingerprint density at radius 3 is 2.59 bits per heavy atom. The lowest BCUT2D eigenvalue weighted by atomic mass is 10.0. The highest BCUT2D eigenvalue weighted by molar-refractivity contribution is 6.30. The van der Waals surface area contributed by atoms with Crippen molar-refractivity contribution in [3.63, 3.8) is 0 Å². The number of carbonyl (C=O) groups is 1. The van der Waals surface area contributed by atoms with E-state index in [1.165, 1.54) is 49.3 Å². The molecule has 0 aliphatic heterocycles. The van der Waals surface area contributed by atoms with Gasteiger partial charge in [-0.1, -0.05) is 11.6 Å². The molecule has 0 aromatic carbocycles. The number of hydrogen-bond donors (Lipinski definition) is 3. The molecule has 37 heavy (non-hydrogen) atoms. The maximum absolute atomic E-state index is 14.2. The number of fused-ring (bicyclic) bond motifs is 1. The van der Waals surface area contributed by atoms with Gasteiger partial charge in [0.25, 0.3) is 11.8 Å². The van der Waals surface area contributed by atoms with Gasteiger partial charge in [-0.05, 0) is 19.9 Å². The van der Waals surface area contributed by atoms with Crippen LogP contribution < -0.4 is 10.6 Å². The highest BCUT2D eigenvalue weighted by atomic mass is 35.5. The lowest BCUT2D eigenvalue weighted by Crippen LogP contribution is -2.42. The summed E-state index contributed by atoms with van der Waals surface area (Å²) in [5.74, 6) is -3.63. The van der Waals surface area contributed by atoms with Gasteiger partial charge in [-0.25, -0.2) is 22.7 Å². The first kappa shape index (κ1) is 26.4. The number of hydrogen-bond acceptors (Lipinski definition) is 7. The molecule has 10 nitrogen and oxygen atoms in total. The zero-order chi connectivity index (χ0) is 27.0. The van der Waals surface area contributed by atoms with Crippen molar-refractivity contribution in [2.24, 2.45) is 0 Å². The van der Waals surface area contributed by atoms with Crippen LogP contribution in [0, 0.1) is 0 Å². The Morgan fingerprint density at radius 1 is 1.14 bits per heavy atom. The smallest absolute Gasteiger partial charge is 0.264 e. The number of amides is 1. The van der Waals surface area contributed by atoms with Crippen LogP contribution in [0.25, 0.3) is 16.9 Å². The number of nitrogens with one attached hydrogen (secondary N) is 2. The predicted octanol–water partition coefficient (Wildman–Crippen LogP) is 3.88. The van der Waals surface area contributed by atoms with Crippen LogP contribution >= 0.6 is 11.6 Å². The van der Waals surface area contributed by atoms with Crippen molar-refractivity contribution in [3.8, 4) is 11.3 Å². The van der Waals surface area contributed by atoms with Crippen molar-refractivity contribution < 1.29 is 23.1 Å². The second-order valence-electron chi connectivity index (χ2n) is 9.17. The minimum atomic E-state index is -2.97. The van der Waals surface area contributed by atoms with E-state index in [-0.39, 0.29) is 11.3 Å². The molecular weight excluding hydrogens is 513 g/mol. The quantitative estimate of drug-likeness (QED) is 0.297. The lowest BCUT2D eigenvalue weighted by molar-refractivity contribution is -0.00187. The SMILES string of the molecule is CC(F)(F)Cn1cc(Nc2cc(-c3cnn4cc(Cl)cnc34)ncc2C(=O)NCC(F)C(C)(C)O)cn1. The fourth-order valence-corrected chi connectivity index (χ4v) is 3.54. The standard InChI is InChI=1S/C23H24ClF3N8O2/c1-22(2,37)19(25)9-30-21(36)16-7-28-17(15-8-32-35-10-13(24)5-29-20(15)35)4-18(16)33-14-6-31-34(11-14)12-23(3,26)27/h4-8,10-11,19,37H,9,12H2,1-3H3,(H,28,33)(H,30,36). The Bertz CT molecular complexity index is 1430. The summed E-state index contributed by atoms with van der Waals surface area (Å²) in [5, 5.41) is 23.8. The molecule has 0 fully saturated rings. The molecule has 4 aromatic rings. The highest BCUT2D eigenvalue weighted by Crippen LogP contribution is 2.29. The number of carbonyl (C=O) groups excluding carboxylic acids is 1. The molecule has 4 aromatic heterocycles. The first-order chi connectivity index (χ1) is 17.3. The maximum Gasteiger partial charge on any atom is 0.264 e. The van der Waals surface area contributed by atoms with Gasteiger partial charge in [-0.15, -0.1) is 0 Å². The molecule has 0 saturated carbocycles. The normalized spacial score (nSPS) is 13.1. The second-order valence-corrected chi connectivity index (χ2v) is 9.60. The number of alkyl halides is 3. The Labute approximate surface area is 214 Å². The molecule has 14 heteroatoms. The van der Waals surface area contributed by atoms with Gasteiger partial charge in [-0.3, -0.25) is 14.5 Å². The molecule has 4 rings (SSSR count). The summed E-state index contributed by atoms with van der Waals surface area (Å²) in [4.78, 5) is 21.6. The Balaban J connectivity index is 1.68. The highest BCUT2D eigenvalue weighted by Gasteiger charge is 2.27. The molecule has 4 heterocycles. The van der Waals surface area contributed by atoms with Gasteiger partial charge < -0.3 is 15.7 Å². The van der Waals surface area contributed by atoms with Crippen molar-refractivity contribution in [2.75, 3.05) is 11.9 Å². The van der Waals surface area contributed by atoms with Gasteiger partial charge >= 0.3 is 0 Å². The molecule has 0 aliphatic rings. The summed E-state index contributed by atoms with van der Waals surface area (Å²) in [6.45, 7) is 2.30. The van der Waals surface area contributed by atoms with E-state index in [0.717, 1.165) is 11.6 Å². The summed E-state index contributed by atoms with van der Waals surface area (Å²) in [7, 11) is 0. The minimum absolute atomic E-state index is 0.0488. The van der Waals surface area contributed by atoms with Crippen LogP contribution in [0.2, 0.25) is 5.02 Å². The molecule has 0 saturated heterocycles. The van der Waals surface area contributed by atoms with E-state index in [4.69, 9.17) is 11.6 Å². The molecule has 0 spiro atoms.